The standard InChI is InChI=1S/C22H27Cl2N3O4/c1-5-30-19-10-8-16(12-20(19)31-6-2)25-21(28)13-27(4)14(3)22(29)26-18-11-15(23)7-9-17(18)24/h7-12,14H,5-6,13H2,1-4H3,(H,25,28)(H,26,29)/t14-/m1/s1. The first-order valence-electron chi connectivity index (χ1n) is 9.90. The first kappa shape index (κ1) is 24.8. The predicted molar refractivity (Wildman–Crippen MR) is 125 cm³/mol. The van der Waals surface area contributed by atoms with Crippen LogP contribution in [0, 0.1) is 0 Å². The largest absolute Gasteiger partial charge is 0.490 e. The van der Waals surface area contributed by atoms with Crippen LogP contribution in [0.15, 0.2) is 36.4 Å². The smallest absolute Gasteiger partial charge is 0.241 e. The van der Waals surface area contributed by atoms with Crippen molar-refractivity contribution in [2.75, 3.05) is 37.4 Å². The van der Waals surface area contributed by atoms with E-state index in [1.54, 1.807) is 55.3 Å². The molecule has 0 aliphatic rings. The van der Waals surface area contributed by atoms with E-state index in [1.165, 1.54) is 0 Å². The molecule has 0 radical (unpaired) electrons. The van der Waals surface area contributed by atoms with Gasteiger partial charge in [0.25, 0.3) is 0 Å². The van der Waals surface area contributed by atoms with Crippen LogP contribution in [-0.2, 0) is 9.59 Å². The number of benzene rings is 2. The average molecular weight is 468 g/mol. The summed E-state index contributed by atoms with van der Waals surface area (Å²) < 4.78 is 11.1. The Labute approximate surface area is 192 Å². The molecular formula is C22H27Cl2N3O4. The number of anilines is 2. The number of carbonyl (C=O) groups excluding carboxylic acids is 2. The highest BCUT2D eigenvalue weighted by atomic mass is 35.5. The second-order valence-corrected chi connectivity index (χ2v) is 7.62. The fraction of sp³-hybridized carbons (Fsp3) is 0.364. The van der Waals surface area contributed by atoms with Crippen LogP contribution in [0.2, 0.25) is 10.0 Å². The molecular weight excluding hydrogens is 441 g/mol. The van der Waals surface area contributed by atoms with Crippen LogP contribution in [0.5, 0.6) is 11.5 Å². The minimum absolute atomic E-state index is 0.00897. The van der Waals surface area contributed by atoms with Crippen molar-refractivity contribution in [3.8, 4) is 11.5 Å². The fourth-order valence-electron chi connectivity index (χ4n) is 2.72. The maximum Gasteiger partial charge on any atom is 0.241 e. The van der Waals surface area contributed by atoms with E-state index < -0.39 is 6.04 Å². The molecule has 0 fully saturated rings. The maximum absolute atomic E-state index is 12.6. The van der Waals surface area contributed by atoms with Gasteiger partial charge in [0.15, 0.2) is 11.5 Å². The highest BCUT2D eigenvalue weighted by Gasteiger charge is 2.21. The summed E-state index contributed by atoms with van der Waals surface area (Å²) in [6.07, 6.45) is 0. The summed E-state index contributed by atoms with van der Waals surface area (Å²) in [6.45, 7) is 6.46. The van der Waals surface area contributed by atoms with Crippen molar-refractivity contribution in [1.29, 1.82) is 0 Å². The molecule has 0 saturated carbocycles. The lowest BCUT2D eigenvalue weighted by Crippen LogP contribution is -2.43. The normalized spacial score (nSPS) is 11.7. The number of likely N-dealkylation sites (N-methyl/N-ethyl adjacent to an activating group) is 1. The summed E-state index contributed by atoms with van der Waals surface area (Å²) in [5, 5.41) is 6.39. The lowest BCUT2D eigenvalue weighted by atomic mass is 10.2. The van der Waals surface area contributed by atoms with Gasteiger partial charge in [0.05, 0.1) is 36.5 Å². The van der Waals surface area contributed by atoms with Gasteiger partial charge in [0.2, 0.25) is 11.8 Å². The van der Waals surface area contributed by atoms with Gasteiger partial charge in [-0.1, -0.05) is 23.2 Å². The molecule has 2 rings (SSSR count). The van der Waals surface area contributed by atoms with Gasteiger partial charge in [-0.25, -0.2) is 0 Å². The minimum atomic E-state index is -0.583. The van der Waals surface area contributed by atoms with Crippen molar-refractivity contribution in [2.24, 2.45) is 0 Å². The molecule has 168 valence electrons. The Kier molecular flexibility index (Phi) is 9.43. The molecule has 9 heteroatoms. The van der Waals surface area contributed by atoms with Crippen molar-refractivity contribution >= 4 is 46.4 Å². The summed E-state index contributed by atoms with van der Waals surface area (Å²) >= 11 is 12.1. The van der Waals surface area contributed by atoms with E-state index in [2.05, 4.69) is 10.6 Å². The quantitative estimate of drug-likeness (QED) is 0.529. The van der Waals surface area contributed by atoms with Crippen molar-refractivity contribution in [3.05, 3.63) is 46.4 Å². The highest BCUT2D eigenvalue weighted by molar-refractivity contribution is 6.35. The number of hydrogen-bond acceptors (Lipinski definition) is 5. The van der Waals surface area contributed by atoms with E-state index in [1.807, 2.05) is 13.8 Å². The second kappa shape index (κ2) is 11.8. The molecule has 2 amide bonds. The molecule has 0 bridgehead atoms. The van der Waals surface area contributed by atoms with Crippen molar-refractivity contribution in [3.63, 3.8) is 0 Å². The van der Waals surface area contributed by atoms with E-state index in [0.29, 0.717) is 46.1 Å². The first-order valence-corrected chi connectivity index (χ1v) is 10.7. The van der Waals surface area contributed by atoms with E-state index in [0.717, 1.165) is 0 Å². The lowest BCUT2D eigenvalue weighted by Gasteiger charge is -2.23. The molecule has 0 aliphatic heterocycles. The van der Waals surface area contributed by atoms with Crippen LogP contribution in [0.1, 0.15) is 20.8 Å². The van der Waals surface area contributed by atoms with Gasteiger partial charge in [-0.15, -0.1) is 0 Å². The molecule has 0 aliphatic carbocycles. The Morgan fingerprint density at radius 1 is 1.00 bits per heavy atom. The fourth-order valence-corrected chi connectivity index (χ4v) is 3.06. The molecule has 0 saturated heterocycles. The molecule has 1 atom stereocenters. The minimum Gasteiger partial charge on any atom is -0.490 e. The molecule has 2 aromatic carbocycles. The predicted octanol–water partition coefficient (Wildman–Crippen LogP) is 4.69. The Balaban J connectivity index is 1.97. The number of nitrogens with one attached hydrogen (secondary N) is 2. The topological polar surface area (TPSA) is 79.9 Å². The van der Waals surface area contributed by atoms with Crippen LogP contribution < -0.4 is 20.1 Å². The Bertz CT molecular complexity index is 924. The summed E-state index contributed by atoms with van der Waals surface area (Å²) in [7, 11) is 1.69. The Morgan fingerprint density at radius 3 is 2.35 bits per heavy atom. The molecule has 0 aromatic heterocycles. The van der Waals surface area contributed by atoms with Gasteiger partial charge in [-0.3, -0.25) is 14.5 Å². The van der Waals surface area contributed by atoms with Crippen LogP contribution in [0.4, 0.5) is 11.4 Å². The van der Waals surface area contributed by atoms with Crippen LogP contribution >= 0.6 is 23.2 Å². The number of ether oxygens (including phenoxy) is 2. The number of nitrogens with zero attached hydrogens (tertiary/aromatic N) is 1. The number of hydrogen-bond donors (Lipinski definition) is 2. The summed E-state index contributed by atoms with van der Waals surface area (Å²) in [4.78, 5) is 26.7. The van der Waals surface area contributed by atoms with Gasteiger partial charge < -0.3 is 20.1 Å². The highest BCUT2D eigenvalue weighted by Crippen LogP contribution is 2.30. The number of rotatable bonds is 10. The zero-order valence-electron chi connectivity index (χ0n) is 18.0. The summed E-state index contributed by atoms with van der Waals surface area (Å²) in [5.41, 5.74) is 0.995. The maximum atomic E-state index is 12.6. The molecule has 0 spiro atoms. The first-order chi connectivity index (χ1) is 14.7. The molecule has 0 heterocycles. The Morgan fingerprint density at radius 2 is 1.68 bits per heavy atom. The van der Waals surface area contributed by atoms with E-state index in [-0.39, 0.29) is 18.4 Å². The number of halogens is 2. The van der Waals surface area contributed by atoms with Crippen LogP contribution in [-0.4, -0.2) is 49.6 Å². The molecule has 2 N–H and O–H groups in total. The number of carbonyl (C=O) groups is 2. The van der Waals surface area contributed by atoms with E-state index >= 15 is 0 Å². The van der Waals surface area contributed by atoms with Gasteiger partial charge in [-0.2, -0.15) is 0 Å². The molecule has 7 nitrogen and oxygen atoms in total. The third kappa shape index (κ3) is 7.31. The zero-order chi connectivity index (χ0) is 23.0. The van der Waals surface area contributed by atoms with Crippen LogP contribution in [0.3, 0.4) is 0 Å². The average Bonchev–Trinajstić information content (AvgIpc) is 2.72. The molecule has 2 aromatic rings. The van der Waals surface area contributed by atoms with Crippen molar-refractivity contribution < 1.29 is 19.1 Å². The van der Waals surface area contributed by atoms with Gasteiger partial charge >= 0.3 is 0 Å². The van der Waals surface area contributed by atoms with E-state index in [9.17, 15) is 9.59 Å². The summed E-state index contributed by atoms with van der Waals surface area (Å²) in [6, 6.07) is 9.43. The lowest BCUT2D eigenvalue weighted by molar-refractivity contribution is -0.122. The van der Waals surface area contributed by atoms with Gasteiger partial charge in [0.1, 0.15) is 0 Å². The zero-order valence-corrected chi connectivity index (χ0v) is 19.5. The monoisotopic (exact) mass is 467 g/mol. The van der Waals surface area contributed by atoms with Crippen molar-refractivity contribution in [1.82, 2.24) is 4.90 Å². The third-order valence-corrected chi connectivity index (χ3v) is 5.01. The SMILES string of the molecule is CCOc1ccc(NC(=O)CN(C)[C@H](C)C(=O)Nc2cc(Cl)ccc2Cl)cc1OCC. The van der Waals surface area contributed by atoms with Gasteiger partial charge in [0, 0.05) is 16.8 Å². The van der Waals surface area contributed by atoms with Crippen molar-refractivity contribution in [2.45, 2.75) is 26.8 Å². The molecule has 0 unspecified atom stereocenters. The van der Waals surface area contributed by atoms with E-state index in [4.69, 9.17) is 32.7 Å². The number of amides is 2. The third-order valence-electron chi connectivity index (χ3n) is 4.45. The second-order valence-electron chi connectivity index (χ2n) is 6.78. The van der Waals surface area contributed by atoms with Crippen LogP contribution in [0.25, 0.3) is 0 Å². The Hall–Kier alpha value is -2.48. The summed E-state index contributed by atoms with van der Waals surface area (Å²) in [5.74, 6) is 0.597. The molecule has 31 heavy (non-hydrogen) atoms. The van der Waals surface area contributed by atoms with Gasteiger partial charge in [-0.05, 0) is 58.2 Å².